The molecule has 2 rings (SSSR count). The van der Waals surface area contributed by atoms with Crippen LogP contribution in [0, 0.1) is 0 Å². The molecule has 2 aliphatic rings. The van der Waals surface area contributed by atoms with E-state index in [0.29, 0.717) is 12.1 Å². The first kappa shape index (κ1) is 8.29. The molecule has 4 heteroatoms. The van der Waals surface area contributed by atoms with E-state index in [4.69, 9.17) is 4.74 Å². The maximum absolute atomic E-state index is 11.4. The number of likely N-dealkylation sites (tertiary alicyclic amines) is 1. The zero-order valence-electron chi connectivity index (χ0n) is 7.45. The minimum Gasteiger partial charge on any atom is -0.456 e. The van der Waals surface area contributed by atoms with Gasteiger partial charge < -0.3 is 9.64 Å². The standard InChI is InChI=1S/C9H11NO3/c1-6-2-3-8(11)10(6)7-4-9(12)13-5-7/h4,6H,2-3,5H2,1H3/t6-/m0/s1. The summed E-state index contributed by atoms with van der Waals surface area (Å²) in [6.45, 7) is 2.23. The van der Waals surface area contributed by atoms with E-state index in [1.165, 1.54) is 6.08 Å². The van der Waals surface area contributed by atoms with Gasteiger partial charge in [-0.15, -0.1) is 0 Å². The van der Waals surface area contributed by atoms with Crippen molar-refractivity contribution < 1.29 is 14.3 Å². The Kier molecular flexibility index (Phi) is 1.83. The van der Waals surface area contributed by atoms with Gasteiger partial charge in [0, 0.05) is 18.5 Å². The number of hydrogen-bond acceptors (Lipinski definition) is 3. The molecule has 2 aliphatic heterocycles. The molecule has 1 saturated heterocycles. The van der Waals surface area contributed by atoms with Gasteiger partial charge in [-0.25, -0.2) is 4.79 Å². The van der Waals surface area contributed by atoms with Crippen LogP contribution < -0.4 is 0 Å². The minimum atomic E-state index is -0.345. The first-order valence-corrected chi connectivity index (χ1v) is 4.38. The third kappa shape index (κ3) is 1.32. The molecule has 0 bridgehead atoms. The first-order chi connectivity index (χ1) is 6.18. The van der Waals surface area contributed by atoms with Gasteiger partial charge in [0.15, 0.2) is 0 Å². The molecule has 1 amide bonds. The normalized spacial score (nSPS) is 27.9. The summed E-state index contributed by atoms with van der Waals surface area (Å²) < 4.78 is 4.75. The van der Waals surface area contributed by atoms with E-state index in [2.05, 4.69) is 0 Å². The van der Waals surface area contributed by atoms with E-state index in [1.807, 2.05) is 6.92 Å². The molecular formula is C9H11NO3. The number of ether oxygens (including phenoxy) is 1. The molecule has 0 N–H and O–H groups in total. The van der Waals surface area contributed by atoms with Crippen molar-refractivity contribution in [2.75, 3.05) is 6.61 Å². The van der Waals surface area contributed by atoms with Gasteiger partial charge in [0.2, 0.25) is 5.91 Å². The van der Waals surface area contributed by atoms with Gasteiger partial charge in [-0.2, -0.15) is 0 Å². The van der Waals surface area contributed by atoms with Crippen molar-refractivity contribution in [2.45, 2.75) is 25.8 Å². The van der Waals surface area contributed by atoms with E-state index in [1.54, 1.807) is 4.90 Å². The second-order valence-corrected chi connectivity index (χ2v) is 3.39. The minimum absolute atomic E-state index is 0.0945. The third-order valence-corrected chi connectivity index (χ3v) is 2.44. The van der Waals surface area contributed by atoms with Crippen molar-refractivity contribution in [1.82, 2.24) is 4.90 Å². The van der Waals surface area contributed by atoms with Crippen molar-refractivity contribution in [3.05, 3.63) is 11.8 Å². The Labute approximate surface area is 76.2 Å². The monoisotopic (exact) mass is 181 g/mol. The highest BCUT2D eigenvalue weighted by Crippen LogP contribution is 2.25. The Morgan fingerprint density at radius 3 is 2.77 bits per heavy atom. The Morgan fingerprint density at radius 2 is 2.31 bits per heavy atom. The summed E-state index contributed by atoms with van der Waals surface area (Å²) in [6.07, 6.45) is 2.84. The number of esters is 1. The van der Waals surface area contributed by atoms with Gasteiger partial charge in [0.25, 0.3) is 0 Å². The van der Waals surface area contributed by atoms with Crippen LogP contribution in [0.5, 0.6) is 0 Å². The average molecular weight is 181 g/mol. The lowest BCUT2D eigenvalue weighted by atomic mass is 10.2. The van der Waals surface area contributed by atoms with Gasteiger partial charge in [-0.1, -0.05) is 0 Å². The molecule has 0 aromatic heterocycles. The highest BCUT2D eigenvalue weighted by Gasteiger charge is 2.32. The number of cyclic esters (lactones) is 1. The number of nitrogens with zero attached hydrogens (tertiary/aromatic N) is 1. The van der Waals surface area contributed by atoms with Gasteiger partial charge in [-0.05, 0) is 13.3 Å². The molecule has 2 heterocycles. The fourth-order valence-electron chi connectivity index (χ4n) is 1.77. The zero-order chi connectivity index (χ0) is 9.42. The highest BCUT2D eigenvalue weighted by molar-refractivity contribution is 5.88. The van der Waals surface area contributed by atoms with Crippen molar-refractivity contribution in [3.8, 4) is 0 Å². The number of carbonyl (C=O) groups is 2. The highest BCUT2D eigenvalue weighted by atomic mass is 16.5. The predicted molar refractivity (Wildman–Crippen MR) is 44.6 cm³/mol. The topological polar surface area (TPSA) is 46.6 Å². The second-order valence-electron chi connectivity index (χ2n) is 3.39. The van der Waals surface area contributed by atoms with Gasteiger partial charge in [-0.3, -0.25) is 4.79 Å². The summed E-state index contributed by atoms with van der Waals surface area (Å²) in [4.78, 5) is 23.9. The molecule has 0 aromatic carbocycles. The fraction of sp³-hybridized carbons (Fsp3) is 0.556. The van der Waals surface area contributed by atoms with Crippen LogP contribution in [0.4, 0.5) is 0 Å². The molecule has 1 atom stereocenters. The number of amides is 1. The lowest BCUT2D eigenvalue weighted by Crippen LogP contribution is -2.30. The Morgan fingerprint density at radius 1 is 1.54 bits per heavy atom. The summed E-state index contributed by atoms with van der Waals surface area (Å²) in [5.74, 6) is -0.251. The van der Waals surface area contributed by atoms with Crippen molar-refractivity contribution >= 4 is 11.9 Å². The van der Waals surface area contributed by atoms with Crippen molar-refractivity contribution in [2.24, 2.45) is 0 Å². The molecule has 4 nitrogen and oxygen atoms in total. The Bertz CT molecular complexity index is 295. The smallest absolute Gasteiger partial charge is 0.333 e. The average Bonchev–Trinajstić information content (AvgIpc) is 2.60. The Balaban J connectivity index is 2.20. The lowest BCUT2D eigenvalue weighted by Gasteiger charge is -2.21. The second kappa shape index (κ2) is 2.87. The van der Waals surface area contributed by atoms with Crippen LogP contribution in [0.1, 0.15) is 19.8 Å². The third-order valence-electron chi connectivity index (χ3n) is 2.44. The van der Waals surface area contributed by atoms with E-state index < -0.39 is 0 Å². The molecule has 70 valence electrons. The molecule has 0 aliphatic carbocycles. The van der Waals surface area contributed by atoms with Crippen LogP contribution in [-0.4, -0.2) is 29.4 Å². The predicted octanol–water partition coefficient (Wildman–Crippen LogP) is 0.438. The lowest BCUT2D eigenvalue weighted by molar-refractivity contribution is -0.135. The van der Waals surface area contributed by atoms with Crippen molar-refractivity contribution in [3.63, 3.8) is 0 Å². The molecule has 13 heavy (non-hydrogen) atoms. The number of hydrogen-bond donors (Lipinski definition) is 0. The summed E-state index contributed by atoms with van der Waals surface area (Å²) in [5.41, 5.74) is 0.708. The van der Waals surface area contributed by atoms with E-state index in [-0.39, 0.29) is 24.5 Å². The number of carbonyl (C=O) groups excluding carboxylic acids is 2. The van der Waals surface area contributed by atoms with E-state index in [0.717, 1.165) is 6.42 Å². The van der Waals surface area contributed by atoms with E-state index in [9.17, 15) is 9.59 Å². The molecule has 1 fully saturated rings. The van der Waals surface area contributed by atoms with Crippen molar-refractivity contribution in [1.29, 1.82) is 0 Å². The van der Waals surface area contributed by atoms with Crippen LogP contribution in [0.25, 0.3) is 0 Å². The summed E-state index contributed by atoms with van der Waals surface area (Å²) in [5, 5.41) is 0. The van der Waals surface area contributed by atoms with Crippen LogP contribution in [0.2, 0.25) is 0 Å². The number of rotatable bonds is 1. The van der Waals surface area contributed by atoms with Gasteiger partial charge >= 0.3 is 5.97 Å². The van der Waals surface area contributed by atoms with E-state index >= 15 is 0 Å². The van der Waals surface area contributed by atoms with Crippen LogP contribution in [0.3, 0.4) is 0 Å². The van der Waals surface area contributed by atoms with Crippen LogP contribution in [0.15, 0.2) is 11.8 Å². The first-order valence-electron chi connectivity index (χ1n) is 4.38. The quantitative estimate of drug-likeness (QED) is 0.551. The van der Waals surface area contributed by atoms with Crippen LogP contribution in [-0.2, 0) is 14.3 Å². The molecular weight excluding hydrogens is 170 g/mol. The summed E-state index contributed by atoms with van der Waals surface area (Å²) >= 11 is 0. The van der Waals surface area contributed by atoms with Crippen LogP contribution >= 0.6 is 0 Å². The van der Waals surface area contributed by atoms with Gasteiger partial charge in [0.05, 0.1) is 5.70 Å². The molecule has 0 unspecified atom stereocenters. The van der Waals surface area contributed by atoms with Gasteiger partial charge in [0.1, 0.15) is 6.61 Å². The SMILES string of the molecule is C[C@H]1CCC(=O)N1C1=CC(=O)OC1. The molecule has 0 radical (unpaired) electrons. The maximum Gasteiger partial charge on any atom is 0.333 e. The summed E-state index contributed by atoms with van der Waals surface area (Å²) in [7, 11) is 0. The largest absolute Gasteiger partial charge is 0.456 e. The maximum atomic E-state index is 11.4. The molecule has 0 spiro atoms. The zero-order valence-corrected chi connectivity index (χ0v) is 7.45. The Hall–Kier alpha value is -1.32. The summed E-state index contributed by atoms with van der Waals surface area (Å²) in [6, 6.07) is 0.202. The fourth-order valence-corrected chi connectivity index (χ4v) is 1.77. The molecule has 0 saturated carbocycles. The molecule has 0 aromatic rings.